The Hall–Kier alpha value is -2.62. The number of oxime groups is 1. The van der Waals surface area contributed by atoms with Crippen LogP contribution in [-0.2, 0) is 17.9 Å². The predicted molar refractivity (Wildman–Crippen MR) is 89.0 cm³/mol. The Morgan fingerprint density at radius 2 is 1.87 bits per heavy atom. The Bertz CT molecular complexity index is 882. The molecule has 0 saturated heterocycles. The van der Waals surface area contributed by atoms with E-state index in [4.69, 9.17) is 4.84 Å². The largest absolute Gasteiger partial charge is 0.391 e. The molecule has 0 radical (unpaired) electrons. The number of nitrogens with one attached hydrogen (secondary N) is 1. The number of hydrogen-bond donors (Lipinski definition) is 1. The minimum Gasteiger partial charge on any atom is -0.391 e. The highest BCUT2D eigenvalue weighted by Crippen LogP contribution is 2.29. The highest BCUT2D eigenvalue weighted by molar-refractivity contribution is 6.06. The maximum Gasteiger partial charge on any atom is 0.145 e. The van der Waals surface area contributed by atoms with Crippen molar-refractivity contribution in [2.24, 2.45) is 5.16 Å². The molecule has 0 aliphatic heterocycles. The van der Waals surface area contributed by atoms with E-state index in [1.54, 1.807) is 18.2 Å². The lowest BCUT2D eigenvalue weighted by Gasteiger charge is -2.13. The minimum absolute atomic E-state index is 0.145. The molecule has 0 saturated carbocycles. The second-order valence-corrected chi connectivity index (χ2v) is 5.78. The molecule has 1 aromatic heterocycles. The van der Waals surface area contributed by atoms with Gasteiger partial charge in [-0.2, -0.15) is 0 Å². The van der Waals surface area contributed by atoms with Gasteiger partial charge in [0.05, 0.1) is 5.69 Å². The average Bonchev–Trinajstić information content (AvgIpc) is 2.96. The molecule has 1 heterocycles. The summed E-state index contributed by atoms with van der Waals surface area (Å²) in [4.78, 5) is 8.86. The summed E-state index contributed by atoms with van der Waals surface area (Å²) in [6.07, 6.45) is 2.97. The lowest BCUT2D eigenvalue weighted by molar-refractivity contribution is 0.127. The van der Waals surface area contributed by atoms with Gasteiger partial charge in [0.25, 0.3) is 0 Å². The molecule has 0 amide bonds. The fourth-order valence-electron chi connectivity index (χ4n) is 3.15. The van der Waals surface area contributed by atoms with E-state index in [0.717, 1.165) is 36.2 Å². The fraction of sp³-hybridized carbons (Fsp3) is 0.211. The molecule has 0 atom stereocenters. The molecule has 1 aliphatic rings. The number of halogens is 1. The summed E-state index contributed by atoms with van der Waals surface area (Å²) in [7, 11) is 0. The van der Waals surface area contributed by atoms with E-state index >= 15 is 0 Å². The second kappa shape index (κ2) is 5.88. The van der Waals surface area contributed by atoms with E-state index < -0.39 is 0 Å². The molecule has 4 heteroatoms. The van der Waals surface area contributed by atoms with E-state index in [1.165, 1.54) is 17.0 Å². The number of hydrogen-bond acceptors (Lipinski definition) is 2. The molecular weight excluding hydrogens is 291 g/mol. The zero-order valence-electron chi connectivity index (χ0n) is 12.7. The number of para-hydroxylation sites is 1. The summed E-state index contributed by atoms with van der Waals surface area (Å²) in [6.45, 7) is 0.145. The van der Waals surface area contributed by atoms with Gasteiger partial charge in [0.1, 0.15) is 18.1 Å². The number of benzene rings is 2. The molecule has 0 unspecified atom stereocenters. The van der Waals surface area contributed by atoms with Crippen molar-refractivity contribution in [2.75, 3.05) is 0 Å². The van der Waals surface area contributed by atoms with E-state index in [9.17, 15) is 4.39 Å². The van der Waals surface area contributed by atoms with Gasteiger partial charge in [-0.25, -0.2) is 4.39 Å². The summed E-state index contributed by atoms with van der Waals surface area (Å²) in [6, 6.07) is 14.9. The Kier molecular flexibility index (Phi) is 3.58. The number of fused-ring (bicyclic) bond motifs is 3. The van der Waals surface area contributed by atoms with Crippen LogP contribution in [0.5, 0.6) is 0 Å². The highest BCUT2D eigenvalue weighted by atomic mass is 19.1. The zero-order valence-corrected chi connectivity index (χ0v) is 12.7. The molecule has 23 heavy (non-hydrogen) atoms. The van der Waals surface area contributed by atoms with Gasteiger partial charge in [-0.05, 0) is 37.0 Å². The first-order chi connectivity index (χ1) is 11.3. The molecule has 116 valence electrons. The van der Waals surface area contributed by atoms with Gasteiger partial charge in [0, 0.05) is 16.5 Å². The number of rotatable bonds is 3. The quantitative estimate of drug-likeness (QED) is 0.707. The average molecular weight is 308 g/mol. The van der Waals surface area contributed by atoms with Crippen molar-refractivity contribution in [1.29, 1.82) is 0 Å². The third-order valence-electron chi connectivity index (χ3n) is 4.30. The van der Waals surface area contributed by atoms with Crippen LogP contribution < -0.4 is 0 Å². The molecule has 3 nitrogen and oxygen atoms in total. The standard InChI is InChI=1S/C19H17FN2O/c20-16-9-3-1-6-13(16)12-23-22-18-11-5-8-15-14-7-2-4-10-17(14)21-19(15)18/h1-4,6-7,9-10,21H,5,8,11-12H2/b22-18+. The van der Waals surface area contributed by atoms with Crippen LogP contribution in [0.25, 0.3) is 10.9 Å². The Balaban J connectivity index is 1.60. The first-order valence-electron chi connectivity index (χ1n) is 7.85. The van der Waals surface area contributed by atoms with Crippen molar-refractivity contribution in [1.82, 2.24) is 4.98 Å². The topological polar surface area (TPSA) is 37.4 Å². The Morgan fingerprint density at radius 1 is 1.04 bits per heavy atom. The molecule has 4 rings (SSSR count). The maximum absolute atomic E-state index is 13.6. The van der Waals surface area contributed by atoms with Crippen molar-refractivity contribution in [3.63, 3.8) is 0 Å². The molecule has 1 N–H and O–H groups in total. The normalized spacial score (nSPS) is 15.8. The van der Waals surface area contributed by atoms with Crippen molar-refractivity contribution in [2.45, 2.75) is 25.9 Å². The van der Waals surface area contributed by atoms with Crippen LogP contribution in [0, 0.1) is 5.82 Å². The first kappa shape index (κ1) is 14.0. The molecule has 0 spiro atoms. The van der Waals surface area contributed by atoms with E-state index in [-0.39, 0.29) is 12.4 Å². The molecule has 0 bridgehead atoms. The SMILES string of the molecule is Fc1ccccc1CO/N=C1\CCCc2c1[nH]c1ccccc21. The van der Waals surface area contributed by atoms with Gasteiger partial charge in [0.15, 0.2) is 0 Å². The Morgan fingerprint density at radius 3 is 2.78 bits per heavy atom. The van der Waals surface area contributed by atoms with Gasteiger partial charge >= 0.3 is 0 Å². The number of aryl methyl sites for hydroxylation is 1. The predicted octanol–water partition coefficient (Wildman–Crippen LogP) is 4.56. The lowest BCUT2D eigenvalue weighted by Crippen LogP contribution is -2.12. The molecule has 0 fully saturated rings. The Labute approximate surface area is 133 Å². The maximum atomic E-state index is 13.6. The summed E-state index contributed by atoms with van der Waals surface area (Å²) < 4.78 is 13.6. The third-order valence-corrected chi connectivity index (χ3v) is 4.30. The summed E-state index contributed by atoms with van der Waals surface area (Å²) in [5.74, 6) is -0.261. The van der Waals surface area contributed by atoms with Crippen LogP contribution >= 0.6 is 0 Å². The van der Waals surface area contributed by atoms with Crippen molar-refractivity contribution in [3.05, 3.63) is 71.2 Å². The van der Waals surface area contributed by atoms with Gasteiger partial charge in [0.2, 0.25) is 0 Å². The second-order valence-electron chi connectivity index (χ2n) is 5.78. The summed E-state index contributed by atoms with van der Waals surface area (Å²) in [5.41, 5.74) is 4.93. The van der Waals surface area contributed by atoms with Gasteiger partial charge in [-0.1, -0.05) is 41.6 Å². The zero-order chi connectivity index (χ0) is 15.6. The number of H-pyrrole nitrogens is 1. The number of aromatic amines is 1. The van der Waals surface area contributed by atoms with Crippen LogP contribution in [0.2, 0.25) is 0 Å². The van der Waals surface area contributed by atoms with Crippen LogP contribution in [-0.4, -0.2) is 10.7 Å². The fourth-order valence-corrected chi connectivity index (χ4v) is 3.15. The van der Waals surface area contributed by atoms with Gasteiger partial charge < -0.3 is 9.82 Å². The number of aromatic nitrogens is 1. The van der Waals surface area contributed by atoms with Crippen LogP contribution in [0.1, 0.15) is 29.7 Å². The summed E-state index contributed by atoms with van der Waals surface area (Å²) in [5, 5.41) is 5.53. The third kappa shape index (κ3) is 2.61. The lowest BCUT2D eigenvalue weighted by atomic mass is 9.94. The van der Waals surface area contributed by atoms with E-state index in [2.05, 4.69) is 28.3 Å². The smallest absolute Gasteiger partial charge is 0.145 e. The van der Waals surface area contributed by atoms with E-state index in [0.29, 0.717) is 5.56 Å². The van der Waals surface area contributed by atoms with Crippen LogP contribution in [0.4, 0.5) is 4.39 Å². The van der Waals surface area contributed by atoms with Crippen molar-refractivity contribution in [3.8, 4) is 0 Å². The molecule has 3 aromatic rings. The summed E-state index contributed by atoms with van der Waals surface area (Å²) >= 11 is 0. The molecular formula is C19H17FN2O. The minimum atomic E-state index is -0.261. The first-order valence-corrected chi connectivity index (χ1v) is 7.85. The van der Waals surface area contributed by atoms with Gasteiger partial charge in [-0.3, -0.25) is 0 Å². The van der Waals surface area contributed by atoms with E-state index in [1.807, 2.05) is 6.07 Å². The molecule has 1 aliphatic carbocycles. The highest BCUT2D eigenvalue weighted by Gasteiger charge is 2.20. The van der Waals surface area contributed by atoms with Crippen LogP contribution in [0.15, 0.2) is 53.7 Å². The molecule has 2 aromatic carbocycles. The van der Waals surface area contributed by atoms with Crippen molar-refractivity contribution < 1.29 is 9.23 Å². The number of nitrogens with zero attached hydrogens (tertiary/aromatic N) is 1. The monoisotopic (exact) mass is 308 g/mol. The van der Waals surface area contributed by atoms with Crippen LogP contribution in [0.3, 0.4) is 0 Å². The van der Waals surface area contributed by atoms with Crippen molar-refractivity contribution >= 4 is 16.6 Å². The van der Waals surface area contributed by atoms with Gasteiger partial charge in [-0.15, -0.1) is 0 Å².